The van der Waals surface area contributed by atoms with Crippen LogP contribution < -0.4 is 0 Å². The van der Waals surface area contributed by atoms with Crippen LogP contribution in [0, 0.1) is 0 Å². The minimum atomic E-state index is 0.544. The molecule has 3 nitrogen and oxygen atoms in total. The third-order valence-electron chi connectivity index (χ3n) is 1.63. The molecular formula is C8H5ClN2O. The molecule has 0 aromatic carbocycles. The highest BCUT2D eigenvalue weighted by molar-refractivity contribution is 6.29. The minimum Gasteiger partial charge on any atom is -0.298 e. The first-order valence-corrected chi connectivity index (χ1v) is 3.77. The number of halogens is 1. The summed E-state index contributed by atoms with van der Waals surface area (Å²) in [5.74, 6) is 0. The molecule has 0 aliphatic carbocycles. The van der Waals surface area contributed by atoms with Crippen LogP contribution in [-0.2, 0) is 0 Å². The second-order valence-corrected chi connectivity index (χ2v) is 2.77. The second-order valence-electron chi connectivity index (χ2n) is 2.39. The number of hydrogen-bond donors (Lipinski definition) is 0. The van der Waals surface area contributed by atoms with Gasteiger partial charge in [0.25, 0.3) is 0 Å². The molecule has 0 unspecified atom stereocenters. The normalized spacial score (nSPS) is 10.4. The number of hydrogen-bond acceptors (Lipinski definition) is 2. The molecule has 0 aliphatic rings. The third-order valence-corrected chi connectivity index (χ3v) is 1.91. The van der Waals surface area contributed by atoms with Gasteiger partial charge in [-0.3, -0.25) is 9.20 Å². The van der Waals surface area contributed by atoms with Crippen LogP contribution in [0.1, 0.15) is 10.4 Å². The number of carbonyl (C=O) groups excluding carboxylic acids is 1. The fraction of sp³-hybridized carbons (Fsp3) is 0. The van der Waals surface area contributed by atoms with Crippen LogP contribution in [0.25, 0.3) is 5.65 Å². The zero-order chi connectivity index (χ0) is 8.55. The summed E-state index contributed by atoms with van der Waals surface area (Å²) < 4.78 is 1.70. The van der Waals surface area contributed by atoms with E-state index in [9.17, 15) is 4.79 Å². The molecule has 0 atom stereocenters. The summed E-state index contributed by atoms with van der Waals surface area (Å²) >= 11 is 5.78. The molecule has 0 radical (unpaired) electrons. The Morgan fingerprint density at radius 1 is 1.58 bits per heavy atom. The van der Waals surface area contributed by atoms with Crippen LogP contribution in [-0.4, -0.2) is 15.7 Å². The number of imidazole rings is 1. The SMILES string of the molecule is O=Cc1ccn2c(Cl)cnc2c1. The lowest BCUT2D eigenvalue weighted by Crippen LogP contribution is -1.86. The van der Waals surface area contributed by atoms with E-state index in [1.54, 1.807) is 28.9 Å². The highest BCUT2D eigenvalue weighted by Crippen LogP contribution is 2.12. The monoisotopic (exact) mass is 180 g/mol. The summed E-state index contributed by atoms with van der Waals surface area (Å²) in [6.45, 7) is 0. The maximum absolute atomic E-state index is 10.4. The Labute approximate surface area is 73.6 Å². The van der Waals surface area contributed by atoms with Gasteiger partial charge in [-0.2, -0.15) is 0 Å². The minimum absolute atomic E-state index is 0.544. The number of carbonyl (C=O) groups is 1. The molecule has 0 amide bonds. The number of aromatic nitrogens is 2. The summed E-state index contributed by atoms with van der Waals surface area (Å²) in [6, 6.07) is 3.37. The molecule has 2 rings (SSSR count). The smallest absolute Gasteiger partial charge is 0.150 e. The molecule has 4 heteroatoms. The van der Waals surface area contributed by atoms with Crippen molar-refractivity contribution in [3.05, 3.63) is 35.2 Å². The molecule has 0 aliphatic heterocycles. The zero-order valence-corrected chi connectivity index (χ0v) is 6.82. The van der Waals surface area contributed by atoms with Gasteiger partial charge in [0.15, 0.2) is 0 Å². The van der Waals surface area contributed by atoms with Gasteiger partial charge in [-0.1, -0.05) is 11.6 Å². The van der Waals surface area contributed by atoms with Gasteiger partial charge in [-0.15, -0.1) is 0 Å². The molecule has 12 heavy (non-hydrogen) atoms. The van der Waals surface area contributed by atoms with Crippen LogP contribution in [0.4, 0.5) is 0 Å². The lowest BCUT2D eigenvalue weighted by atomic mass is 10.3. The Morgan fingerprint density at radius 3 is 3.17 bits per heavy atom. The van der Waals surface area contributed by atoms with Crippen molar-refractivity contribution >= 4 is 23.5 Å². The summed E-state index contributed by atoms with van der Waals surface area (Å²) in [5, 5.41) is 0.544. The van der Waals surface area contributed by atoms with Crippen LogP contribution in [0.3, 0.4) is 0 Å². The molecule has 0 bridgehead atoms. The van der Waals surface area contributed by atoms with E-state index in [1.165, 1.54) is 0 Å². The molecule has 0 saturated heterocycles. The molecular weight excluding hydrogens is 176 g/mol. The third kappa shape index (κ3) is 0.987. The highest BCUT2D eigenvalue weighted by Gasteiger charge is 1.99. The molecule has 2 aromatic rings. The lowest BCUT2D eigenvalue weighted by molar-refractivity contribution is 0.112. The van der Waals surface area contributed by atoms with Gasteiger partial charge in [0.2, 0.25) is 0 Å². The maximum atomic E-state index is 10.4. The number of aldehydes is 1. The topological polar surface area (TPSA) is 34.4 Å². The summed E-state index contributed by atoms with van der Waals surface area (Å²) in [5.41, 5.74) is 1.29. The van der Waals surface area contributed by atoms with Crippen molar-refractivity contribution in [2.24, 2.45) is 0 Å². The second kappa shape index (κ2) is 2.60. The van der Waals surface area contributed by atoms with Gasteiger partial charge in [-0.05, 0) is 12.1 Å². The molecule has 0 N–H and O–H groups in total. The van der Waals surface area contributed by atoms with E-state index in [0.717, 1.165) is 6.29 Å². The quantitative estimate of drug-likeness (QED) is 0.628. The van der Waals surface area contributed by atoms with E-state index in [0.29, 0.717) is 16.4 Å². The van der Waals surface area contributed by atoms with Crippen molar-refractivity contribution in [1.29, 1.82) is 0 Å². The van der Waals surface area contributed by atoms with Gasteiger partial charge in [-0.25, -0.2) is 4.98 Å². The van der Waals surface area contributed by atoms with Gasteiger partial charge in [0.1, 0.15) is 17.1 Å². The van der Waals surface area contributed by atoms with Gasteiger partial charge in [0, 0.05) is 11.8 Å². The van der Waals surface area contributed by atoms with E-state index in [1.807, 2.05) is 0 Å². The average molecular weight is 181 g/mol. The van der Waals surface area contributed by atoms with Crippen molar-refractivity contribution < 1.29 is 4.79 Å². The molecule has 2 aromatic heterocycles. The number of fused-ring (bicyclic) bond motifs is 1. The fourth-order valence-corrected chi connectivity index (χ4v) is 1.23. The van der Waals surface area contributed by atoms with Crippen molar-refractivity contribution in [1.82, 2.24) is 9.38 Å². The summed E-state index contributed by atoms with van der Waals surface area (Å²) in [4.78, 5) is 14.4. The maximum Gasteiger partial charge on any atom is 0.150 e. The summed E-state index contributed by atoms with van der Waals surface area (Å²) in [7, 11) is 0. The number of rotatable bonds is 1. The predicted octanol–water partition coefficient (Wildman–Crippen LogP) is 1.80. The Balaban J connectivity index is 2.77. The Bertz CT molecular complexity index is 436. The van der Waals surface area contributed by atoms with Gasteiger partial charge < -0.3 is 0 Å². The first-order chi connectivity index (χ1) is 5.81. The largest absolute Gasteiger partial charge is 0.298 e. The molecule has 2 heterocycles. The first kappa shape index (κ1) is 7.31. The standard InChI is InChI=1S/C8H5ClN2O/c9-7-4-10-8-3-6(5-12)1-2-11(7)8/h1-5H. The lowest BCUT2D eigenvalue weighted by Gasteiger charge is -1.94. The van der Waals surface area contributed by atoms with Gasteiger partial charge >= 0.3 is 0 Å². The average Bonchev–Trinajstić information content (AvgIpc) is 2.47. The predicted molar refractivity (Wildman–Crippen MR) is 45.6 cm³/mol. The molecule has 0 saturated carbocycles. The fourth-order valence-electron chi connectivity index (χ4n) is 1.04. The zero-order valence-electron chi connectivity index (χ0n) is 6.07. The molecule has 60 valence electrons. The van der Waals surface area contributed by atoms with E-state index >= 15 is 0 Å². The van der Waals surface area contributed by atoms with E-state index in [2.05, 4.69) is 4.98 Å². The number of pyridine rings is 1. The Morgan fingerprint density at radius 2 is 2.42 bits per heavy atom. The number of nitrogens with zero attached hydrogens (tertiary/aromatic N) is 2. The van der Waals surface area contributed by atoms with Gasteiger partial charge in [0.05, 0.1) is 6.20 Å². The highest BCUT2D eigenvalue weighted by atomic mass is 35.5. The first-order valence-electron chi connectivity index (χ1n) is 3.39. The van der Waals surface area contributed by atoms with Crippen LogP contribution in [0.5, 0.6) is 0 Å². The van der Waals surface area contributed by atoms with Crippen molar-refractivity contribution in [3.8, 4) is 0 Å². The van der Waals surface area contributed by atoms with Crippen molar-refractivity contribution in [3.63, 3.8) is 0 Å². The Hall–Kier alpha value is -1.35. The van der Waals surface area contributed by atoms with Crippen LogP contribution in [0.2, 0.25) is 5.15 Å². The van der Waals surface area contributed by atoms with E-state index in [-0.39, 0.29) is 0 Å². The van der Waals surface area contributed by atoms with Crippen LogP contribution >= 0.6 is 11.6 Å². The Kier molecular flexibility index (Phi) is 1.59. The van der Waals surface area contributed by atoms with E-state index in [4.69, 9.17) is 11.6 Å². The summed E-state index contributed by atoms with van der Waals surface area (Å²) in [6.07, 6.45) is 4.04. The van der Waals surface area contributed by atoms with Crippen molar-refractivity contribution in [2.45, 2.75) is 0 Å². The molecule has 0 fully saturated rings. The van der Waals surface area contributed by atoms with E-state index < -0.39 is 0 Å². The van der Waals surface area contributed by atoms with Crippen LogP contribution in [0.15, 0.2) is 24.5 Å². The molecule has 0 spiro atoms. The van der Waals surface area contributed by atoms with Crippen molar-refractivity contribution in [2.75, 3.05) is 0 Å².